The molecule has 2 aliphatic rings. The van der Waals surface area contributed by atoms with Crippen LogP contribution in [0.25, 0.3) is 22.1 Å². The van der Waals surface area contributed by atoms with Gasteiger partial charge in [0.05, 0.1) is 6.61 Å². The molecule has 120 valence electrons. The minimum atomic E-state index is 0.137. The molecule has 0 spiro atoms. The number of ether oxygens (including phenoxy) is 1. The molecule has 1 fully saturated rings. The Labute approximate surface area is 135 Å². The van der Waals surface area contributed by atoms with Gasteiger partial charge in [-0.1, -0.05) is 17.2 Å². The van der Waals surface area contributed by atoms with E-state index in [2.05, 4.69) is 10.0 Å². The summed E-state index contributed by atoms with van der Waals surface area (Å²) in [6.07, 6.45) is 6.01. The van der Waals surface area contributed by atoms with Gasteiger partial charge in [-0.2, -0.15) is 0 Å². The molecular formula is C17H20N4O2. The Kier molecular flexibility index (Phi) is 4.83. The largest absolute Gasteiger partial charge is 0.493 e. The summed E-state index contributed by atoms with van der Waals surface area (Å²) in [4.78, 5) is 17.2. The van der Waals surface area contributed by atoms with Gasteiger partial charge in [-0.3, -0.25) is 4.79 Å². The Hall–Kier alpha value is -2.46. The van der Waals surface area contributed by atoms with Gasteiger partial charge in [0.2, 0.25) is 0 Å². The number of hydrogen-bond acceptors (Lipinski definition) is 3. The fourth-order valence-electron chi connectivity index (χ4n) is 3.00. The quantitative estimate of drug-likeness (QED) is 0.348. The monoisotopic (exact) mass is 312 g/mol. The van der Waals surface area contributed by atoms with Gasteiger partial charge in [-0.15, -0.1) is 0 Å². The van der Waals surface area contributed by atoms with Crippen LogP contribution in [0, 0.1) is 0 Å². The maximum atomic E-state index is 12.6. The van der Waals surface area contributed by atoms with Gasteiger partial charge < -0.3 is 9.64 Å². The standard InChI is InChI=1S/C17H20N4O2/c18-20-19-8-5-11-23-16-7-4-6-13-14(16)12-15(13)17(22)21-9-2-1-3-10-21/h4,6-7,12H,1-3,5,8-11H2. The van der Waals surface area contributed by atoms with Crippen LogP contribution in [-0.4, -0.2) is 37.0 Å². The lowest BCUT2D eigenvalue weighted by Crippen LogP contribution is -2.37. The fourth-order valence-corrected chi connectivity index (χ4v) is 3.00. The number of carbonyl (C=O) groups excluding carboxylic acids is 1. The van der Waals surface area contributed by atoms with Gasteiger partial charge in [-0.25, -0.2) is 0 Å². The summed E-state index contributed by atoms with van der Waals surface area (Å²) in [7, 11) is 0. The van der Waals surface area contributed by atoms with Crippen LogP contribution in [0.1, 0.15) is 36.8 Å². The zero-order chi connectivity index (χ0) is 16.1. The van der Waals surface area contributed by atoms with Crippen LogP contribution in [0.4, 0.5) is 0 Å². The molecule has 6 heteroatoms. The molecule has 0 saturated carbocycles. The zero-order valence-electron chi connectivity index (χ0n) is 13.1. The molecule has 6 nitrogen and oxygen atoms in total. The third-order valence-corrected chi connectivity index (χ3v) is 4.24. The average molecular weight is 312 g/mol. The molecule has 0 bridgehead atoms. The van der Waals surface area contributed by atoms with Gasteiger partial charge in [0.15, 0.2) is 0 Å². The molecule has 1 amide bonds. The molecule has 0 radical (unpaired) electrons. The first-order chi connectivity index (χ1) is 11.3. The van der Waals surface area contributed by atoms with E-state index in [1.807, 2.05) is 29.2 Å². The highest BCUT2D eigenvalue weighted by Crippen LogP contribution is 2.40. The molecule has 0 atom stereocenters. The second-order valence-electron chi connectivity index (χ2n) is 5.78. The van der Waals surface area contributed by atoms with E-state index in [0.717, 1.165) is 48.4 Å². The smallest absolute Gasteiger partial charge is 0.254 e. The van der Waals surface area contributed by atoms with E-state index in [1.54, 1.807) is 0 Å². The topological polar surface area (TPSA) is 78.3 Å². The van der Waals surface area contributed by atoms with Crippen molar-refractivity contribution in [1.29, 1.82) is 0 Å². The number of likely N-dealkylation sites (tertiary alicyclic amines) is 1. The van der Waals surface area contributed by atoms with Crippen molar-refractivity contribution in [2.45, 2.75) is 25.7 Å². The van der Waals surface area contributed by atoms with Crippen LogP contribution in [0.2, 0.25) is 0 Å². The lowest BCUT2D eigenvalue weighted by molar-refractivity contribution is -0.125. The van der Waals surface area contributed by atoms with E-state index in [4.69, 9.17) is 10.3 Å². The molecule has 0 unspecified atom stereocenters. The van der Waals surface area contributed by atoms with Crippen LogP contribution in [-0.2, 0) is 4.79 Å². The Morgan fingerprint density at radius 1 is 1.30 bits per heavy atom. The summed E-state index contributed by atoms with van der Waals surface area (Å²) in [5.41, 5.74) is 11.0. The molecule has 0 N–H and O–H groups in total. The summed E-state index contributed by atoms with van der Waals surface area (Å²) in [5, 5.41) is 3.48. The fraction of sp³-hybridized carbons (Fsp3) is 0.471. The van der Waals surface area contributed by atoms with E-state index >= 15 is 0 Å². The van der Waals surface area contributed by atoms with Crippen molar-refractivity contribution in [3.63, 3.8) is 0 Å². The summed E-state index contributed by atoms with van der Waals surface area (Å²) in [6, 6.07) is 5.79. The molecular weight excluding hydrogens is 292 g/mol. The second kappa shape index (κ2) is 7.20. The normalized spacial score (nSPS) is 15.8. The molecule has 3 rings (SSSR count). The van der Waals surface area contributed by atoms with Gasteiger partial charge in [-0.05, 0) is 48.9 Å². The third kappa shape index (κ3) is 3.32. The number of benzene rings is 1. The van der Waals surface area contributed by atoms with Crippen LogP contribution < -0.4 is 4.74 Å². The molecule has 1 aromatic carbocycles. The van der Waals surface area contributed by atoms with Gasteiger partial charge >= 0.3 is 0 Å². The first-order valence-electron chi connectivity index (χ1n) is 8.09. The van der Waals surface area contributed by atoms with Crippen molar-refractivity contribution >= 4 is 17.6 Å². The van der Waals surface area contributed by atoms with Crippen molar-refractivity contribution in [3.05, 3.63) is 39.8 Å². The lowest BCUT2D eigenvalue weighted by atomic mass is 9.86. The van der Waals surface area contributed by atoms with Crippen LogP contribution >= 0.6 is 0 Å². The molecule has 1 saturated heterocycles. The van der Waals surface area contributed by atoms with E-state index in [0.29, 0.717) is 19.6 Å². The second-order valence-corrected chi connectivity index (χ2v) is 5.78. The zero-order valence-corrected chi connectivity index (χ0v) is 13.1. The van der Waals surface area contributed by atoms with Gasteiger partial charge in [0, 0.05) is 35.7 Å². The van der Waals surface area contributed by atoms with E-state index < -0.39 is 0 Å². The minimum absolute atomic E-state index is 0.137. The Morgan fingerprint density at radius 3 is 2.91 bits per heavy atom. The molecule has 23 heavy (non-hydrogen) atoms. The highest BCUT2D eigenvalue weighted by molar-refractivity contribution is 6.29. The van der Waals surface area contributed by atoms with Crippen molar-refractivity contribution in [2.24, 2.45) is 5.11 Å². The third-order valence-electron chi connectivity index (χ3n) is 4.24. The number of piperidine rings is 1. The molecule has 1 aliphatic carbocycles. The molecule has 1 heterocycles. The summed E-state index contributed by atoms with van der Waals surface area (Å²) >= 11 is 0. The molecule has 0 aromatic heterocycles. The number of carbonyl (C=O) groups is 1. The van der Waals surface area contributed by atoms with Crippen molar-refractivity contribution in [3.8, 4) is 5.75 Å². The molecule has 1 aromatic rings. The predicted octanol–water partition coefficient (Wildman–Crippen LogP) is 3.63. The van der Waals surface area contributed by atoms with Crippen molar-refractivity contribution in [2.75, 3.05) is 26.2 Å². The lowest BCUT2D eigenvalue weighted by Gasteiger charge is -2.31. The number of hydrogen-bond donors (Lipinski definition) is 0. The highest BCUT2D eigenvalue weighted by Gasteiger charge is 2.29. The van der Waals surface area contributed by atoms with Crippen LogP contribution in [0.5, 0.6) is 5.75 Å². The number of rotatable bonds is 6. The molecule has 1 aliphatic heterocycles. The van der Waals surface area contributed by atoms with Gasteiger partial charge in [0.1, 0.15) is 5.75 Å². The summed E-state index contributed by atoms with van der Waals surface area (Å²) in [6.45, 7) is 2.65. The van der Waals surface area contributed by atoms with Crippen molar-refractivity contribution in [1.82, 2.24) is 4.90 Å². The van der Waals surface area contributed by atoms with Gasteiger partial charge in [0.25, 0.3) is 5.91 Å². The number of azide groups is 1. The first kappa shape index (κ1) is 15.4. The van der Waals surface area contributed by atoms with Crippen molar-refractivity contribution < 1.29 is 9.53 Å². The Bertz CT molecular complexity index is 671. The first-order valence-corrected chi connectivity index (χ1v) is 8.09. The highest BCUT2D eigenvalue weighted by atomic mass is 16.5. The number of amides is 1. The number of nitrogens with zero attached hydrogens (tertiary/aromatic N) is 4. The predicted molar refractivity (Wildman–Crippen MR) is 88.9 cm³/mol. The maximum absolute atomic E-state index is 12.6. The number of fused-ring (bicyclic) bond motifs is 1. The SMILES string of the molecule is [N-]=[N+]=NCCCOc1cccc2c1C=C2C(=O)N1CCCCC1. The maximum Gasteiger partial charge on any atom is 0.254 e. The van der Waals surface area contributed by atoms with Crippen LogP contribution in [0.15, 0.2) is 23.3 Å². The van der Waals surface area contributed by atoms with E-state index in [-0.39, 0.29) is 5.91 Å². The average Bonchev–Trinajstić information content (AvgIpc) is 2.57. The Morgan fingerprint density at radius 2 is 2.13 bits per heavy atom. The summed E-state index contributed by atoms with van der Waals surface area (Å²) < 4.78 is 5.74. The summed E-state index contributed by atoms with van der Waals surface area (Å²) in [5.74, 6) is 0.927. The van der Waals surface area contributed by atoms with E-state index in [9.17, 15) is 4.79 Å². The Balaban J connectivity index is 1.62. The van der Waals surface area contributed by atoms with Crippen LogP contribution in [0.3, 0.4) is 0 Å². The minimum Gasteiger partial charge on any atom is -0.493 e. The van der Waals surface area contributed by atoms with E-state index in [1.165, 1.54) is 6.42 Å².